The molecule has 2 aromatic rings. The number of amides is 1. The Balaban J connectivity index is 1.48. The van der Waals surface area contributed by atoms with Crippen molar-refractivity contribution >= 4 is 17.6 Å². The number of ether oxygens (including phenoxy) is 3. The fourth-order valence-corrected chi connectivity index (χ4v) is 2.71. The summed E-state index contributed by atoms with van der Waals surface area (Å²) in [6.07, 6.45) is 1.15. The number of hydrogen-bond acceptors (Lipinski definition) is 5. The molecule has 28 heavy (non-hydrogen) atoms. The summed E-state index contributed by atoms with van der Waals surface area (Å²) in [5.74, 6) is -0.890. The lowest BCUT2D eigenvalue weighted by atomic mass is 10.2. The first-order valence-corrected chi connectivity index (χ1v) is 9.13. The molecule has 3 rings (SSSR count). The van der Waals surface area contributed by atoms with Crippen LogP contribution in [0, 0.1) is 5.82 Å². The summed E-state index contributed by atoms with van der Waals surface area (Å²) in [6.45, 7) is 2.71. The molecule has 148 valence electrons. The first-order valence-electron chi connectivity index (χ1n) is 9.13. The van der Waals surface area contributed by atoms with Gasteiger partial charge in [-0.05, 0) is 68.3 Å². The molecule has 1 N–H and O–H groups in total. The van der Waals surface area contributed by atoms with Crippen molar-refractivity contribution in [3.8, 4) is 5.75 Å². The first-order chi connectivity index (χ1) is 13.5. The zero-order valence-electron chi connectivity index (χ0n) is 15.5. The molecule has 2 aromatic carbocycles. The van der Waals surface area contributed by atoms with E-state index in [1.807, 2.05) is 0 Å². The van der Waals surface area contributed by atoms with E-state index in [1.165, 1.54) is 31.2 Å². The SMILES string of the molecule is C[C@@H](OC(=O)c1ccc(OC[C@H]2CCCO2)cc1)C(=O)Nc1ccc(F)cc1. The van der Waals surface area contributed by atoms with E-state index in [-0.39, 0.29) is 6.10 Å². The van der Waals surface area contributed by atoms with Crippen molar-refractivity contribution in [2.45, 2.75) is 32.0 Å². The van der Waals surface area contributed by atoms with E-state index >= 15 is 0 Å². The van der Waals surface area contributed by atoms with Crippen LogP contribution < -0.4 is 10.1 Å². The molecule has 0 radical (unpaired) electrons. The molecule has 0 bridgehead atoms. The molecule has 7 heteroatoms. The number of halogens is 1. The maximum Gasteiger partial charge on any atom is 0.338 e. The van der Waals surface area contributed by atoms with Crippen LogP contribution in [0.25, 0.3) is 0 Å². The Labute approximate surface area is 162 Å². The van der Waals surface area contributed by atoms with E-state index in [0.717, 1.165) is 19.4 Å². The lowest BCUT2D eigenvalue weighted by Crippen LogP contribution is -2.30. The Hall–Kier alpha value is -2.93. The highest BCUT2D eigenvalue weighted by molar-refractivity contribution is 5.97. The van der Waals surface area contributed by atoms with Crippen molar-refractivity contribution in [3.63, 3.8) is 0 Å². The van der Waals surface area contributed by atoms with Gasteiger partial charge in [0.15, 0.2) is 6.10 Å². The van der Waals surface area contributed by atoms with E-state index in [2.05, 4.69) is 5.32 Å². The normalized spacial score (nSPS) is 17.0. The number of esters is 1. The predicted octanol–water partition coefficient (Wildman–Crippen LogP) is 3.57. The van der Waals surface area contributed by atoms with Gasteiger partial charge in [-0.15, -0.1) is 0 Å². The van der Waals surface area contributed by atoms with Gasteiger partial charge in [0, 0.05) is 12.3 Å². The monoisotopic (exact) mass is 387 g/mol. The molecule has 0 saturated carbocycles. The predicted molar refractivity (Wildman–Crippen MR) is 101 cm³/mol. The molecular formula is C21H22FNO5. The van der Waals surface area contributed by atoms with Gasteiger partial charge in [0.2, 0.25) is 0 Å². The number of rotatable bonds is 7. The zero-order valence-corrected chi connectivity index (χ0v) is 15.5. The Kier molecular flexibility index (Phi) is 6.60. The van der Waals surface area contributed by atoms with Gasteiger partial charge < -0.3 is 19.5 Å². The smallest absolute Gasteiger partial charge is 0.338 e. The molecule has 1 fully saturated rings. The summed E-state index contributed by atoms with van der Waals surface area (Å²) in [4.78, 5) is 24.3. The van der Waals surface area contributed by atoms with Crippen LogP contribution in [0.2, 0.25) is 0 Å². The lowest BCUT2D eigenvalue weighted by molar-refractivity contribution is -0.123. The van der Waals surface area contributed by atoms with E-state index in [4.69, 9.17) is 14.2 Å². The molecule has 0 unspecified atom stereocenters. The third-order valence-electron chi connectivity index (χ3n) is 4.31. The van der Waals surface area contributed by atoms with Crippen LogP contribution in [0.4, 0.5) is 10.1 Å². The third-order valence-corrected chi connectivity index (χ3v) is 4.31. The molecule has 0 aromatic heterocycles. The average molecular weight is 387 g/mol. The molecule has 1 saturated heterocycles. The second kappa shape index (κ2) is 9.32. The fourth-order valence-electron chi connectivity index (χ4n) is 2.71. The Bertz CT molecular complexity index is 801. The van der Waals surface area contributed by atoms with Crippen molar-refractivity contribution in [1.29, 1.82) is 0 Å². The Morgan fingerprint density at radius 2 is 1.89 bits per heavy atom. The van der Waals surface area contributed by atoms with Crippen LogP contribution in [0.5, 0.6) is 5.75 Å². The summed E-state index contributed by atoms with van der Waals surface area (Å²) < 4.78 is 29.2. The summed E-state index contributed by atoms with van der Waals surface area (Å²) in [6, 6.07) is 11.8. The summed E-state index contributed by atoms with van der Waals surface area (Å²) in [5, 5.41) is 2.56. The standard InChI is InChI=1S/C21H22FNO5/c1-14(20(24)23-17-8-6-16(22)7-9-17)28-21(25)15-4-10-18(11-5-15)27-13-19-3-2-12-26-19/h4-11,14,19H,2-3,12-13H2,1H3,(H,23,24)/t14-,19-/m1/s1. The largest absolute Gasteiger partial charge is 0.491 e. The quantitative estimate of drug-likeness (QED) is 0.736. The Morgan fingerprint density at radius 3 is 2.54 bits per heavy atom. The molecule has 1 amide bonds. The second-order valence-electron chi connectivity index (χ2n) is 6.51. The zero-order chi connectivity index (χ0) is 19.9. The second-order valence-corrected chi connectivity index (χ2v) is 6.51. The van der Waals surface area contributed by atoms with Crippen LogP contribution in [-0.4, -0.2) is 37.3 Å². The van der Waals surface area contributed by atoms with Gasteiger partial charge in [0.05, 0.1) is 11.7 Å². The van der Waals surface area contributed by atoms with Crippen molar-refractivity contribution < 1.29 is 28.2 Å². The lowest BCUT2D eigenvalue weighted by Gasteiger charge is -2.14. The maximum absolute atomic E-state index is 12.9. The highest BCUT2D eigenvalue weighted by Crippen LogP contribution is 2.17. The highest BCUT2D eigenvalue weighted by atomic mass is 19.1. The van der Waals surface area contributed by atoms with E-state index in [9.17, 15) is 14.0 Å². The van der Waals surface area contributed by atoms with Gasteiger partial charge >= 0.3 is 5.97 Å². The van der Waals surface area contributed by atoms with Crippen LogP contribution in [0.15, 0.2) is 48.5 Å². The van der Waals surface area contributed by atoms with Gasteiger partial charge in [0.1, 0.15) is 18.2 Å². The van der Waals surface area contributed by atoms with Crippen LogP contribution in [-0.2, 0) is 14.3 Å². The number of anilines is 1. The van der Waals surface area contributed by atoms with Crippen molar-refractivity contribution in [3.05, 3.63) is 59.9 Å². The molecule has 1 heterocycles. The minimum absolute atomic E-state index is 0.116. The highest BCUT2D eigenvalue weighted by Gasteiger charge is 2.20. The van der Waals surface area contributed by atoms with Gasteiger partial charge in [0.25, 0.3) is 5.91 Å². The number of hydrogen-bond donors (Lipinski definition) is 1. The summed E-state index contributed by atoms with van der Waals surface area (Å²) in [7, 11) is 0. The molecule has 0 aliphatic carbocycles. The third kappa shape index (κ3) is 5.53. The number of carbonyl (C=O) groups is 2. The molecule has 2 atom stereocenters. The molecule has 1 aliphatic heterocycles. The summed E-state index contributed by atoms with van der Waals surface area (Å²) >= 11 is 0. The molecule has 6 nitrogen and oxygen atoms in total. The number of benzene rings is 2. The number of carbonyl (C=O) groups excluding carboxylic acids is 2. The molecule has 0 spiro atoms. The summed E-state index contributed by atoms with van der Waals surface area (Å²) in [5.41, 5.74) is 0.730. The number of nitrogens with one attached hydrogen (secondary N) is 1. The van der Waals surface area contributed by atoms with Crippen molar-refractivity contribution in [2.75, 3.05) is 18.5 Å². The van der Waals surface area contributed by atoms with E-state index < -0.39 is 23.8 Å². The van der Waals surface area contributed by atoms with Gasteiger partial charge in [-0.3, -0.25) is 4.79 Å². The van der Waals surface area contributed by atoms with Crippen LogP contribution >= 0.6 is 0 Å². The molecule has 1 aliphatic rings. The topological polar surface area (TPSA) is 73.9 Å². The maximum atomic E-state index is 12.9. The van der Waals surface area contributed by atoms with Crippen LogP contribution in [0.3, 0.4) is 0 Å². The first kappa shape index (κ1) is 19.8. The fraction of sp³-hybridized carbons (Fsp3) is 0.333. The van der Waals surface area contributed by atoms with E-state index in [1.54, 1.807) is 24.3 Å². The Morgan fingerprint density at radius 1 is 1.18 bits per heavy atom. The minimum Gasteiger partial charge on any atom is -0.491 e. The van der Waals surface area contributed by atoms with E-state index in [0.29, 0.717) is 23.6 Å². The average Bonchev–Trinajstić information content (AvgIpc) is 3.22. The van der Waals surface area contributed by atoms with Crippen molar-refractivity contribution in [2.24, 2.45) is 0 Å². The van der Waals surface area contributed by atoms with Crippen molar-refractivity contribution in [1.82, 2.24) is 0 Å². The molecular weight excluding hydrogens is 365 g/mol. The van der Waals surface area contributed by atoms with Crippen LogP contribution in [0.1, 0.15) is 30.1 Å². The minimum atomic E-state index is -1.01. The van der Waals surface area contributed by atoms with Gasteiger partial charge in [-0.1, -0.05) is 0 Å². The van der Waals surface area contributed by atoms with Gasteiger partial charge in [-0.25, -0.2) is 9.18 Å². The van der Waals surface area contributed by atoms with Gasteiger partial charge in [-0.2, -0.15) is 0 Å².